The molecular formula is C10H16F3N3O4. The topological polar surface area (TPSA) is 122 Å². The van der Waals surface area contributed by atoms with Crippen molar-refractivity contribution in [2.24, 2.45) is 5.73 Å². The van der Waals surface area contributed by atoms with Crippen LogP contribution in [0.3, 0.4) is 0 Å². The van der Waals surface area contributed by atoms with Gasteiger partial charge in [-0.05, 0) is 12.8 Å². The number of carbonyl (C=O) groups is 3. The van der Waals surface area contributed by atoms with Crippen LogP contribution in [0.25, 0.3) is 0 Å². The van der Waals surface area contributed by atoms with E-state index in [1.807, 2.05) is 5.32 Å². The lowest BCUT2D eigenvalue weighted by Gasteiger charge is -2.14. The van der Waals surface area contributed by atoms with Crippen molar-refractivity contribution < 1.29 is 32.7 Å². The number of alkyl halides is 3. The molecule has 1 atom stereocenters. The summed E-state index contributed by atoms with van der Waals surface area (Å²) in [5.74, 6) is -2.08. The summed E-state index contributed by atoms with van der Waals surface area (Å²) in [6.07, 6.45) is -6.08. The van der Waals surface area contributed by atoms with E-state index in [0.29, 0.717) is 0 Å². The molecule has 116 valence electrons. The van der Waals surface area contributed by atoms with Crippen LogP contribution in [0.1, 0.15) is 25.7 Å². The second-order valence-electron chi connectivity index (χ2n) is 4.01. The van der Waals surface area contributed by atoms with Gasteiger partial charge < -0.3 is 21.5 Å². The first-order valence-electron chi connectivity index (χ1n) is 5.74. The Balaban J connectivity index is 4.01. The van der Waals surface area contributed by atoms with E-state index < -0.39 is 36.5 Å². The Morgan fingerprint density at radius 1 is 1.25 bits per heavy atom. The molecule has 1 unspecified atom stereocenters. The van der Waals surface area contributed by atoms with Crippen molar-refractivity contribution >= 4 is 17.9 Å². The Kier molecular flexibility index (Phi) is 7.40. The molecule has 0 spiro atoms. The van der Waals surface area contributed by atoms with Gasteiger partial charge in [0.15, 0.2) is 0 Å². The van der Waals surface area contributed by atoms with Crippen molar-refractivity contribution in [3.63, 3.8) is 0 Å². The Morgan fingerprint density at radius 3 is 2.30 bits per heavy atom. The van der Waals surface area contributed by atoms with E-state index in [2.05, 4.69) is 5.32 Å². The number of amides is 3. The van der Waals surface area contributed by atoms with Gasteiger partial charge in [0.25, 0.3) is 0 Å². The molecular weight excluding hydrogens is 283 g/mol. The molecule has 0 rings (SSSR count). The van der Waals surface area contributed by atoms with Gasteiger partial charge in [-0.1, -0.05) is 0 Å². The first-order chi connectivity index (χ1) is 9.11. The summed E-state index contributed by atoms with van der Waals surface area (Å²) in [5, 5.41) is 12.9. The molecule has 0 bridgehead atoms. The molecule has 0 aliphatic heterocycles. The Hall–Kier alpha value is -2.00. The van der Waals surface area contributed by atoms with Gasteiger partial charge in [0.2, 0.25) is 5.91 Å². The quantitative estimate of drug-likeness (QED) is 0.483. The lowest BCUT2D eigenvalue weighted by molar-refractivity contribution is -0.139. The maximum Gasteiger partial charge on any atom is 0.389 e. The highest BCUT2D eigenvalue weighted by Crippen LogP contribution is 2.20. The van der Waals surface area contributed by atoms with E-state index in [0.717, 1.165) is 0 Å². The smallest absolute Gasteiger partial charge is 0.389 e. The minimum Gasteiger partial charge on any atom is -0.480 e. The molecule has 0 heterocycles. The normalized spacial score (nSPS) is 12.6. The fraction of sp³-hybridized carbons (Fsp3) is 0.700. The Bertz CT molecular complexity index is 360. The molecule has 3 amide bonds. The molecule has 0 aliphatic rings. The van der Waals surface area contributed by atoms with Crippen molar-refractivity contribution in [1.29, 1.82) is 0 Å². The molecule has 5 N–H and O–H groups in total. The van der Waals surface area contributed by atoms with Crippen LogP contribution in [0.15, 0.2) is 0 Å². The summed E-state index contributed by atoms with van der Waals surface area (Å²) in [6.45, 7) is -0.243. The lowest BCUT2D eigenvalue weighted by atomic mass is 10.1. The van der Waals surface area contributed by atoms with E-state index in [9.17, 15) is 27.6 Å². The van der Waals surface area contributed by atoms with Gasteiger partial charge in [-0.3, -0.25) is 4.79 Å². The zero-order valence-corrected chi connectivity index (χ0v) is 10.5. The third-order valence-corrected chi connectivity index (χ3v) is 2.21. The zero-order chi connectivity index (χ0) is 15.8. The average Bonchev–Trinajstić information content (AvgIpc) is 2.28. The highest BCUT2D eigenvalue weighted by atomic mass is 19.4. The van der Waals surface area contributed by atoms with Crippen molar-refractivity contribution in [2.45, 2.75) is 37.9 Å². The third kappa shape index (κ3) is 9.97. The van der Waals surface area contributed by atoms with Gasteiger partial charge in [-0.15, -0.1) is 0 Å². The van der Waals surface area contributed by atoms with E-state index in [1.54, 1.807) is 0 Å². The number of rotatable bonds is 8. The molecule has 0 aromatic carbocycles. The summed E-state index contributed by atoms with van der Waals surface area (Å²) < 4.78 is 35.5. The van der Waals surface area contributed by atoms with E-state index in [1.165, 1.54) is 0 Å². The van der Waals surface area contributed by atoms with Crippen molar-refractivity contribution in [2.75, 3.05) is 6.54 Å². The van der Waals surface area contributed by atoms with Gasteiger partial charge in [-0.25, -0.2) is 9.59 Å². The Morgan fingerprint density at radius 2 is 1.85 bits per heavy atom. The third-order valence-electron chi connectivity index (χ3n) is 2.21. The number of hydrogen-bond donors (Lipinski definition) is 4. The van der Waals surface area contributed by atoms with Crippen molar-refractivity contribution in [3.05, 3.63) is 0 Å². The highest BCUT2D eigenvalue weighted by molar-refractivity contribution is 5.83. The predicted molar refractivity (Wildman–Crippen MR) is 61.7 cm³/mol. The fourth-order valence-corrected chi connectivity index (χ4v) is 1.24. The van der Waals surface area contributed by atoms with Crippen LogP contribution in [0.2, 0.25) is 0 Å². The number of aliphatic carboxylic acids is 1. The second kappa shape index (κ2) is 8.23. The van der Waals surface area contributed by atoms with Crippen LogP contribution in [0.5, 0.6) is 0 Å². The molecule has 7 nitrogen and oxygen atoms in total. The van der Waals surface area contributed by atoms with Gasteiger partial charge >= 0.3 is 18.2 Å². The van der Waals surface area contributed by atoms with Crippen molar-refractivity contribution in [3.8, 4) is 0 Å². The van der Waals surface area contributed by atoms with Crippen LogP contribution >= 0.6 is 0 Å². The van der Waals surface area contributed by atoms with Crippen LogP contribution in [0.4, 0.5) is 18.0 Å². The summed E-state index contributed by atoms with van der Waals surface area (Å²) in [6, 6.07) is -2.24. The molecule has 10 heteroatoms. The molecule has 0 aromatic rings. The predicted octanol–water partition coefficient (Wildman–Crippen LogP) is 0.347. The number of nitrogens with two attached hydrogens (primary N) is 1. The number of halogens is 3. The van der Waals surface area contributed by atoms with E-state index in [-0.39, 0.29) is 25.8 Å². The number of nitrogens with one attached hydrogen (secondary N) is 2. The number of hydrogen-bond acceptors (Lipinski definition) is 3. The molecule has 0 saturated carbocycles. The van der Waals surface area contributed by atoms with Crippen LogP contribution in [-0.2, 0) is 9.59 Å². The van der Waals surface area contributed by atoms with Gasteiger partial charge in [0.1, 0.15) is 6.04 Å². The minimum absolute atomic E-state index is 0.194. The van der Waals surface area contributed by atoms with E-state index >= 15 is 0 Å². The van der Waals surface area contributed by atoms with Gasteiger partial charge in [-0.2, -0.15) is 13.2 Å². The summed E-state index contributed by atoms with van der Waals surface area (Å²) in [4.78, 5) is 32.5. The maximum absolute atomic E-state index is 11.8. The fourth-order valence-electron chi connectivity index (χ4n) is 1.24. The zero-order valence-electron chi connectivity index (χ0n) is 10.5. The van der Waals surface area contributed by atoms with Gasteiger partial charge in [0.05, 0.1) is 0 Å². The molecule has 0 aliphatic carbocycles. The SMILES string of the molecule is NC(=O)CCC(NC(=O)NCCCC(F)(F)F)C(=O)O. The largest absolute Gasteiger partial charge is 0.480 e. The van der Waals surface area contributed by atoms with Crippen molar-refractivity contribution in [1.82, 2.24) is 10.6 Å². The van der Waals surface area contributed by atoms with E-state index in [4.69, 9.17) is 10.8 Å². The Labute approximate surface area is 112 Å². The monoisotopic (exact) mass is 299 g/mol. The molecule has 20 heavy (non-hydrogen) atoms. The summed E-state index contributed by atoms with van der Waals surface area (Å²) in [5.41, 5.74) is 4.84. The summed E-state index contributed by atoms with van der Waals surface area (Å²) in [7, 11) is 0. The standard InChI is InChI=1S/C10H16F3N3O4/c11-10(12,13)4-1-5-15-9(20)16-6(8(18)19)2-3-7(14)17/h6H,1-5H2,(H2,14,17)(H,18,19)(H2,15,16,20). The second-order valence-corrected chi connectivity index (χ2v) is 4.01. The minimum atomic E-state index is -4.30. The maximum atomic E-state index is 11.8. The number of carbonyl (C=O) groups excluding carboxylic acids is 2. The first-order valence-corrected chi connectivity index (χ1v) is 5.74. The number of carboxylic acids is 1. The summed E-state index contributed by atoms with van der Waals surface area (Å²) >= 11 is 0. The molecule has 0 aromatic heterocycles. The van der Waals surface area contributed by atoms with Crippen LogP contribution < -0.4 is 16.4 Å². The average molecular weight is 299 g/mol. The van der Waals surface area contributed by atoms with Crippen LogP contribution in [0, 0.1) is 0 Å². The van der Waals surface area contributed by atoms with Crippen LogP contribution in [-0.4, -0.2) is 41.8 Å². The lowest BCUT2D eigenvalue weighted by Crippen LogP contribution is -2.46. The first kappa shape index (κ1) is 18.0. The number of urea groups is 1. The molecule has 0 saturated heterocycles. The highest BCUT2D eigenvalue weighted by Gasteiger charge is 2.26. The number of primary amides is 1. The molecule has 0 fully saturated rings. The van der Waals surface area contributed by atoms with Gasteiger partial charge in [0, 0.05) is 19.4 Å². The molecule has 0 radical (unpaired) electrons. The number of carboxylic acid groups (broad SMARTS) is 1.